The van der Waals surface area contributed by atoms with Crippen LogP contribution in [-0.2, 0) is 0 Å². The van der Waals surface area contributed by atoms with E-state index in [4.69, 9.17) is 23.2 Å². The first kappa shape index (κ1) is 14.5. The Kier molecular flexibility index (Phi) is 4.16. The maximum atomic E-state index is 13.2. The Labute approximate surface area is 132 Å². The molecule has 0 amide bonds. The summed E-state index contributed by atoms with van der Waals surface area (Å²) in [6, 6.07) is 2.50. The number of thioether (sulfide) groups is 1. The van der Waals surface area contributed by atoms with Crippen molar-refractivity contribution in [2.24, 2.45) is 10.4 Å². The van der Waals surface area contributed by atoms with Gasteiger partial charge in [-0.1, -0.05) is 47.8 Å². The first-order valence-corrected chi connectivity index (χ1v) is 8.41. The van der Waals surface area contributed by atoms with Crippen LogP contribution in [0.25, 0.3) is 0 Å². The number of benzene rings is 1. The van der Waals surface area contributed by atoms with Crippen LogP contribution < -0.4 is 5.32 Å². The van der Waals surface area contributed by atoms with Crippen molar-refractivity contribution < 1.29 is 4.39 Å². The average molecular weight is 333 g/mol. The largest absolute Gasteiger partial charge is 0.333 e. The molecule has 6 heteroatoms. The Morgan fingerprint density at radius 3 is 2.40 bits per heavy atom. The number of halogens is 3. The quantitative estimate of drug-likeness (QED) is 0.763. The highest BCUT2D eigenvalue weighted by Gasteiger charge is 2.36. The SMILES string of the molecule is Fc1cc(Cl)c(NC2=NCC3(CCCC3)CS2)c(Cl)c1. The molecule has 0 aromatic heterocycles. The summed E-state index contributed by atoms with van der Waals surface area (Å²) in [4.78, 5) is 4.62. The highest BCUT2D eigenvalue weighted by atomic mass is 35.5. The summed E-state index contributed by atoms with van der Waals surface area (Å²) >= 11 is 13.8. The molecule has 2 nitrogen and oxygen atoms in total. The molecule has 2 aliphatic rings. The van der Waals surface area contributed by atoms with E-state index in [1.54, 1.807) is 11.8 Å². The molecule has 0 unspecified atom stereocenters. The molecular weight excluding hydrogens is 318 g/mol. The fourth-order valence-electron chi connectivity index (χ4n) is 2.82. The van der Waals surface area contributed by atoms with Crippen LogP contribution in [0.2, 0.25) is 10.0 Å². The van der Waals surface area contributed by atoms with E-state index in [-0.39, 0.29) is 10.0 Å². The van der Waals surface area contributed by atoms with Crippen molar-refractivity contribution in [3.63, 3.8) is 0 Å². The molecule has 1 fully saturated rings. The van der Waals surface area contributed by atoms with Crippen molar-refractivity contribution in [3.8, 4) is 0 Å². The van der Waals surface area contributed by atoms with Crippen LogP contribution in [0.3, 0.4) is 0 Å². The number of amidine groups is 1. The van der Waals surface area contributed by atoms with E-state index in [0.717, 1.165) is 17.5 Å². The molecule has 1 spiro atoms. The average Bonchev–Trinajstić information content (AvgIpc) is 2.85. The molecule has 1 aliphatic heterocycles. The molecule has 20 heavy (non-hydrogen) atoms. The number of rotatable bonds is 1. The Bertz CT molecular complexity index is 533. The summed E-state index contributed by atoms with van der Waals surface area (Å²) in [6.45, 7) is 0.860. The maximum Gasteiger partial charge on any atom is 0.161 e. The molecule has 0 saturated heterocycles. The van der Waals surface area contributed by atoms with Gasteiger partial charge in [-0.2, -0.15) is 0 Å². The normalized spacial score (nSPS) is 21.1. The first-order valence-electron chi connectivity index (χ1n) is 6.67. The number of nitrogens with one attached hydrogen (secondary N) is 1. The summed E-state index contributed by atoms with van der Waals surface area (Å²) in [5, 5.41) is 4.51. The fraction of sp³-hybridized carbons (Fsp3) is 0.500. The Morgan fingerprint density at radius 2 is 1.85 bits per heavy atom. The van der Waals surface area contributed by atoms with Crippen molar-refractivity contribution in [3.05, 3.63) is 28.0 Å². The van der Waals surface area contributed by atoms with Crippen LogP contribution in [-0.4, -0.2) is 17.5 Å². The Morgan fingerprint density at radius 1 is 1.20 bits per heavy atom. The second-order valence-corrected chi connectivity index (χ2v) is 7.27. The maximum absolute atomic E-state index is 13.2. The third kappa shape index (κ3) is 2.92. The van der Waals surface area contributed by atoms with Gasteiger partial charge in [-0.25, -0.2) is 4.39 Å². The monoisotopic (exact) mass is 332 g/mol. The van der Waals surface area contributed by atoms with Gasteiger partial charge in [0.25, 0.3) is 0 Å². The van der Waals surface area contributed by atoms with Gasteiger partial charge in [0.05, 0.1) is 15.7 Å². The fourth-order valence-corrected chi connectivity index (χ4v) is 4.53. The molecule has 3 rings (SSSR count). The van der Waals surface area contributed by atoms with Gasteiger partial charge >= 0.3 is 0 Å². The summed E-state index contributed by atoms with van der Waals surface area (Å²) in [6.07, 6.45) is 5.17. The Hall–Kier alpha value is -0.450. The molecule has 0 atom stereocenters. The zero-order valence-corrected chi connectivity index (χ0v) is 13.2. The summed E-state index contributed by atoms with van der Waals surface area (Å²) < 4.78 is 13.2. The number of nitrogens with zero attached hydrogens (tertiary/aromatic N) is 1. The smallest absolute Gasteiger partial charge is 0.161 e. The molecule has 108 valence electrons. The lowest BCUT2D eigenvalue weighted by Gasteiger charge is -2.31. The summed E-state index contributed by atoms with van der Waals surface area (Å²) in [5.41, 5.74) is 0.926. The van der Waals surface area contributed by atoms with E-state index in [2.05, 4.69) is 10.3 Å². The summed E-state index contributed by atoms with van der Waals surface area (Å²) in [7, 11) is 0. The molecule has 1 aliphatic carbocycles. The van der Waals surface area contributed by atoms with Crippen LogP contribution in [0, 0.1) is 11.2 Å². The predicted molar refractivity (Wildman–Crippen MR) is 85.7 cm³/mol. The van der Waals surface area contributed by atoms with Crippen LogP contribution in [0.4, 0.5) is 10.1 Å². The molecule has 0 radical (unpaired) electrons. The van der Waals surface area contributed by atoms with Gasteiger partial charge in [0, 0.05) is 12.3 Å². The van der Waals surface area contributed by atoms with Gasteiger partial charge in [-0.15, -0.1) is 0 Å². The molecule has 1 saturated carbocycles. The van der Waals surface area contributed by atoms with Crippen molar-refractivity contribution in [1.29, 1.82) is 0 Å². The minimum absolute atomic E-state index is 0.277. The van der Waals surface area contributed by atoms with Crippen LogP contribution in [0.5, 0.6) is 0 Å². The number of anilines is 1. The van der Waals surface area contributed by atoms with E-state index >= 15 is 0 Å². The van der Waals surface area contributed by atoms with E-state index in [9.17, 15) is 4.39 Å². The zero-order valence-electron chi connectivity index (χ0n) is 10.9. The van der Waals surface area contributed by atoms with E-state index in [1.807, 2.05) is 0 Å². The number of hydrogen-bond donors (Lipinski definition) is 1. The summed E-state index contributed by atoms with van der Waals surface area (Å²) in [5.74, 6) is 0.642. The number of hydrogen-bond acceptors (Lipinski definition) is 3. The van der Waals surface area contributed by atoms with Gasteiger partial charge in [0.1, 0.15) is 5.82 Å². The molecular formula is C14H15Cl2FN2S. The lowest BCUT2D eigenvalue weighted by atomic mass is 9.89. The van der Waals surface area contributed by atoms with Crippen molar-refractivity contribution in [1.82, 2.24) is 0 Å². The second kappa shape index (κ2) is 5.74. The van der Waals surface area contributed by atoms with Crippen LogP contribution >= 0.6 is 35.0 Å². The molecule has 1 heterocycles. The first-order chi connectivity index (χ1) is 9.58. The van der Waals surface area contributed by atoms with Crippen molar-refractivity contribution in [2.45, 2.75) is 25.7 Å². The lowest BCUT2D eigenvalue weighted by molar-refractivity contribution is 0.359. The minimum atomic E-state index is -0.436. The standard InChI is InChI=1S/C14H15Cl2FN2S/c15-10-5-9(17)6-11(16)12(10)19-13-18-7-14(8-20-13)3-1-2-4-14/h5-6H,1-4,7-8H2,(H,18,19). The second-order valence-electron chi connectivity index (χ2n) is 5.49. The van der Waals surface area contributed by atoms with Gasteiger partial charge in [-0.3, -0.25) is 4.99 Å². The van der Waals surface area contributed by atoms with Gasteiger partial charge in [0.15, 0.2) is 5.17 Å². The van der Waals surface area contributed by atoms with Gasteiger partial charge < -0.3 is 5.32 Å². The van der Waals surface area contributed by atoms with Gasteiger partial charge in [0.2, 0.25) is 0 Å². The Balaban J connectivity index is 1.75. The van der Waals surface area contributed by atoms with Crippen LogP contribution in [0.1, 0.15) is 25.7 Å². The highest BCUT2D eigenvalue weighted by Crippen LogP contribution is 2.44. The van der Waals surface area contributed by atoms with Crippen molar-refractivity contribution >= 4 is 45.8 Å². The third-order valence-corrected chi connectivity index (χ3v) is 5.83. The lowest BCUT2D eigenvalue weighted by Crippen LogP contribution is -2.30. The van der Waals surface area contributed by atoms with E-state index in [0.29, 0.717) is 11.1 Å². The topological polar surface area (TPSA) is 24.4 Å². The minimum Gasteiger partial charge on any atom is -0.333 e. The van der Waals surface area contributed by atoms with Crippen LogP contribution in [0.15, 0.2) is 17.1 Å². The number of aliphatic imine (C=N–C) groups is 1. The van der Waals surface area contributed by atoms with Crippen molar-refractivity contribution in [2.75, 3.05) is 17.6 Å². The van der Waals surface area contributed by atoms with Gasteiger partial charge in [-0.05, 0) is 30.4 Å². The molecule has 0 bridgehead atoms. The molecule has 1 aromatic rings. The third-order valence-electron chi connectivity index (χ3n) is 3.98. The molecule has 1 aromatic carbocycles. The van der Waals surface area contributed by atoms with E-state index in [1.165, 1.54) is 37.8 Å². The predicted octanol–water partition coefficient (Wildman–Crippen LogP) is 5.21. The molecule has 1 N–H and O–H groups in total. The highest BCUT2D eigenvalue weighted by molar-refractivity contribution is 8.14. The van der Waals surface area contributed by atoms with E-state index < -0.39 is 5.82 Å². The zero-order chi connectivity index (χ0) is 14.2.